The minimum atomic E-state index is -0.944. The van der Waals surface area contributed by atoms with E-state index in [1.54, 1.807) is 0 Å². The van der Waals surface area contributed by atoms with Crippen molar-refractivity contribution in [3.05, 3.63) is 23.4 Å². The summed E-state index contributed by atoms with van der Waals surface area (Å²) in [7, 11) is 0. The molecule has 19 heavy (non-hydrogen) atoms. The zero-order valence-electron chi connectivity index (χ0n) is 10.8. The van der Waals surface area contributed by atoms with E-state index in [-0.39, 0.29) is 0 Å². The maximum absolute atomic E-state index is 11.3. The van der Waals surface area contributed by atoms with Crippen LogP contribution in [0, 0.1) is 0 Å². The van der Waals surface area contributed by atoms with E-state index in [0.29, 0.717) is 25.2 Å². The summed E-state index contributed by atoms with van der Waals surface area (Å²) >= 11 is 0. The smallest absolute Gasteiger partial charge is 0.413 e. The Kier molecular flexibility index (Phi) is 4.49. The van der Waals surface area contributed by atoms with Gasteiger partial charge < -0.3 is 9.90 Å². The molecule has 0 unspecified atom stereocenters. The molecule has 2 heterocycles. The van der Waals surface area contributed by atoms with Crippen molar-refractivity contribution in [1.82, 2.24) is 4.98 Å². The van der Waals surface area contributed by atoms with Crippen molar-refractivity contribution in [2.75, 3.05) is 11.4 Å². The van der Waals surface area contributed by atoms with Crippen molar-refractivity contribution in [3.8, 4) is 0 Å². The number of aromatic nitrogens is 1. The average molecular weight is 262 g/mol. The van der Waals surface area contributed by atoms with Gasteiger partial charge in [-0.1, -0.05) is 6.07 Å². The number of carboxylic acid groups (broad SMARTS) is 1. The number of anilines is 1. The molecule has 0 spiro atoms. The summed E-state index contributed by atoms with van der Waals surface area (Å²) in [4.78, 5) is 27.4. The minimum absolute atomic E-state index is 0.507. The Morgan fingerprint density at radius 3 is 3.00 bits per heavy atom. The second-order valence-electron chi connectivity index (χ2n) is 4.74. The van der Waals surface area contributed by atoms with E-state index >= 15 is 0 Å². The molecule has 1 aromatic rings. The van der Waals surface area contributed by atoms with Crippen molar-refractivity contribution in [2.24, 2.45) is 0 Å². The highest BCUT2D eigenvalue weighted by Gasteiger charge is 2.22. The van der Waals surface area contributed by atoms with Gasteiger partial charge >= 0.3 is 6.09 Å². The number of hydrogen-bond acceptors (Lipinski definition) is 3. The fourth-order valence-corrected chi connectivity index (χ4v) is 2.33. The first-order valence-electron chi connectivity index (χ1n) is 6.65. The van der Waals surface area contributed by atoms with Gasteiger partial charge in [0, 0.05) is 18.7 Å². The number of aryl methyl sites for hydroxylation is 2. The maximum Gasteiger partial charge on any atom is 0.413 e. The fourth-order valence-electron chi connectivity index (χ4n) is 2.33. The monoisotopic (exact) mass is 262 g/mol. The quantitative estimate of drug-likeness (QED) is 0.668. The van der Waals surface area contributed by atoms with Crippen molar-refractivity contribution in [2.45, 2.75) is 38.5 Å². The van der Waals surface area contributed by atoms with Crippen LogP contribution in [0.2, 0.25) is 0 Å². The molecule has 0 aromatic carbocycles. The average Bonchev–Trinajstić information content (AvgIpc) is 2.61. The predicted molar refractivity (Wildman–Crippen MR) is 71.5 cm³/mol. The molecule has 0 atom stereocenters. The lowest BCUT2D eigenvalue weighted by molar-refractivity contribution is -0.107. The van der Waals surface area contributed by atoms with E-state index < -0.39 is 6.09 Å². The third-order valence-corrected chi connectivity index (χ3v) is 3.33. The molecule has 0 bridgehead atoms. The van der Waals surface area contributed by atoms with E-state index in [2.05, 4.69) is 4.98 Å². The number of unbranched alkanes of at least 4 members (excludes halogenated alkanes) is 1. The maximum atomic E-state index is 11.3. The summed E-state index contributed by atoms with van der Waals surface area (Å²) in [5.41, 5.74) is 1.85. The molecule has 0 saturated heterocycles. The van der Waals surface area contributed by atoms with E-state index in [1.165, 1.54) is 4.90 Å². The Hall–Kier alpha value is -1.91. The lowest BCUT2D eigenvalue weighted by atomic mass is 10.1. The number of pyridine rings is 1. The highest BCUT2D eigenvalue weighted by molar-refractivity contribution is 5.85. The Balaban J connectivity index is 2.23. The highest BCUT2D eigenvalue weighted by atomic mass is 16.4. The molecule has 102 valence electrons. The second kappa shape index (κ2) is 6.31. The van der Waals surface area contributed by atoms with Crippen molar-refractivity contribution >= 4 is 18.2 Å². The molecule has 1 aliphatic heterocycles. The first-order valence-corrected chi connectivity index (χ1v) is 6.65. The molecule has 0 radical (unpaired) electrons. The molecule has 5 heteroatoms. The summed E-state index contributed by atoms with van der Waals surface area (Å²) in [6.07, 6.45) is 4.66. The summed E-state index contributed by atoms with van der Waals surface area (Å²) in [5.74, 6) is 0.577. The highest BCUT2D eigenvalue weighted by Crippen LogP contribution is 2.25. The first-order chi connectivity index (χ1) is 9.22. The van der Waals surface area contributed by atoms with Gasteiger partial charge in [-0.25, -0.2) is 9.78 Å². The Morgan fingerprint density at radius 2 is 2.26 bits per heavy atom. The van der Waals surface area contributed by atoms with Crippen LogP contribution in [0.4, 0.5) is 10.6 Å². The summed E-state index contributed by atoms with van der Waals surface area (Å²) in [5, 5.41) is 9.25. The number of fused-ring (bicyclic) bond motifs is 1. The van der Waals surface area contributed by atoms with Gasteiger partial charge in [0.1, 0.15) is 12.1 Å². The Labute approximate surface area is 112 Å². The normalized spacial score (nSPS) is 14.6. The van der Waals surface area contributed by atoms with Gasteiger partial charge in [0.2, 0.25) is 0 Å². The summed E-state index contributed by atoms with van der Waals surface area (Å²) in [6, 6.07) is 3.91. The molecule has 1 amide bonds. The zero-order chi connectivity index (χ0) is 13.7. The van der Waals surface area contributed by atoms with Crippen LogP contribution in [-0.4, -0.2) is 29.0 Å². The standard InChI is InChI=1S/C14H18N2O3/c17-10-4-2-6-12-8-7-11-5-1-3-9-16(14(18)19)13(11)15-12/h7-8,10H,1-6,9H2,(H,18,19). The van der Waals surface area contributed by atoms with Gasteiger partial charge in [-0.3, -0.25) is 4.90 Å². The van der Waals surface area contributed by atoms with Crippen LogP contribution in [0.3, 0.4) is 0 Å². The van der Waals surface area contributed by atoms with Crippen LogP contribution in [0.5, 0.6) is 0 Å². The van der Waals surface area contributed by atoms with Crippen LogP contribution in [0.25, 0.3) is 0 Å². The van der Waals surface area contributed by atoms with Crippen molar-refractivity contribution in [1.29, 1.82) is 0 Å². The van der Waals surface area contributed by atoms with Gasteiger partial charge in [0.05, 0.1) is 0 Å². The van der Waals surface area contributed by atoms with Crippen molar-refractivity contribution in [3.63, 3.8) is 0 Å². The predicted octanol–water partition coefficient (Wildman–Crippen LogP) is 2.42. The van der Waals surface area contributed by atoms with Crippen LogP contribution < -0.4 is 4.90 Å². The molecule has 0 saturated carbocycles. The minimum Gasteiger partial charge on any atom is -0.465 e. The Morgan fingerprint density at radius 1 is 1.42 bits per heavy atom. The van der Waals surface area contributed by atoms with Gasteiger partial charge in [-0.15, -0.1) is 0 Å². The number of amides is 1. The number of carbonyl (C=O) groups is 2. The summed E-state index contributed by atoms with van der Waals surface area (Å²) < 4.78 is 0. The van der Waals surface area contributed by atoms with E-state index in [0.717, 1.165) is 43.2 Å². The lowest BCUT2D eigenvalue weighted by Crippen LogP contribution is -2.31. The number of rotatable bonds is 4. The second-order valence-corrected chi connectivity index (χ2v) is 4.74. The van der Waals surface area contributed by atoms with Gasteiger partial charge in [-0.2, -0.15) is 0 Å². The van der Waals surface area contributed by atoms with Gasteiger partial charge in [0.25, 0.3) is 0 Å². The van der Waals surface area contributed by atoms with Crippen LogP contribution in [0.15, 0.2) is 12.1 Å². The molecule has 5 nitrogen and oxygen atoms in total. The molecule has 0 fully saturated rings. The molecule has 1 aromatic heterocycles. The lowest BCUT2D eigenvalue weighted by Gasteiger charge is -2.18. The van der Waals surface area contributed by atoms with Crippen molar-refractivity contribution < 1.29 is 14.7 Å². The topological polar surface area (TPSA) is 70.5 Å². The Bertz CT molecular complexity index is 474. The van der Waals surface area contributed by atoms with Gasteiger partial charge in [-0.05, 0) is 43.7 Å². The van der Waals surface area contributed by atoms with Crippen LogP contribution >= 0.6 is 0 Å². The SMILES string of the molecule is O=CCCCc1ccc2c(n1)N(C(=O)O)CCCC2. The number of aldehydes is 1. The molecule has 1 aliphatic rings. The van der Waals surface area contributed by atoms with Crippen LogP contribution in [-0.2, 0) is 17.6 Å². The van der Waals surface area contributed by atoms with E-state index in [4.69, 9.17) is 0 Å². The molecular weight excluding hydrogens is 244 g/mol. The number of carbonyl (C=O) groups excluding carboxylic acids is 1. The third kappa shape index (κ3) is 3.30. The third-order valence-electron chi connectivity index (χ3n) is 3.33. The molecule has 2 rings (SSSR count). The zero-order valence-corrected chi connectivity index (χ0v) is 10.8. The largest absolute Gasteiger partial charge is 0.465 e. The molecular formula is C14H18N2O3. The number of nitrogens with zero attached hydrogens (tertiary/aromatic N) is 2. The summed E-state index contributed by atoms with van der Waals surface area (Å²) in [6.45, 7) is 0.507. The molecule has 1 N–H and O–H groups in total. The fraction of sp³-hybridized carbons (Fsp3) is 0.500. The van der Waals surface area contributed by atoms with Gasteiger partial charge in [0.15, 0.2) is 0 Å². The number of hydrogen-bond donors (Lipinski definition) is 1. The van der Waals surface area contributed by atoms with E-state index in [9.17, 15) is 14.7 Å². The van der Waals surface area contributed by atoms with E-state index in [1.807, 2.05) is 12.1 Å². The van der Waals surface area contributed by atoms with Crippen LogP contribution in [0.1, 0.15) is 36.9 Å². The molecule has 0 aliphatic carbocycles. The first kappa shape index (κ1) is 13.5.